The van der Waals surface area contributed by atoms with E-state index in [1.165, 1.54) is 37.9 Å². The number of carbonyl (C=O) groups is 2. The number of hydrogen-bond acceptors (Lipinski definition) is 9. The van der Waals surface area contributed by atoms with Crippen LogP contribution in [-0.4, -0.2) is 50.9 Å². The second-order valence-corrected chi connectivity index (χ2v) is 10.9. The highest BCUT2D eigenvalue weighted by atomic mass is 32.2. The average molecular weight is 573 g/mol. The van der Waals surface area contributed by atoms with E-state index in [1.54, 1.807) is 24.3 Å². The van der Waals surface area contributed by atoms with Crippen molar-refractivity contribution in [2.45, 2.75) is 69.4 Å². The molecule has 11 heteroatoms. The minimum atomic E-state index is -0.167. The number of rotatable bonds is 11. The van der Waals surface area contributed by atoms with Crippen LogP contribution in [-0.2, 0) is 21.8 Å². The van der Waals surface area contributed by atoms with E-state index in [1.807, 2.05) is 18.2 Å². The third kappa shape index (κ3) is 8.49. The molecular formula is C30H36N8O2S. The number of likely N-dealkylation sites (tertiary alicyclic amines) is 1. The first-order valence-corrected chi connectivity index (χ1v) is 14.9. The van der Waals surface area contributed by atoms with E-state index < -0.39 is 0 Å². The molecule has 1 fully saturated rings. The van der Waals surface area contributed by atoms with Crippen molar-refractivity contribution in [1.29, 1.82) is 5.26 Å². The van der Waals surface area contributed by atoms with Gasteiger partial charge in [-0.25, -0.2) is 9.97 Å². The van der Waals surface area contributed by atoms with Crippen LogP contribution in [0, 0.1) is 11.3 Å². The normalized spacial score (nSPS) is 14.2. The molecule has 214 valence electrons. The molecule has 41 heavy (non-hydrogen) atoms. The van der Waals surface area contributed by atoms with Gasteiger partial charge in [-0.1, -0.05) is 43.3 Å². The zero-order chi connectivity index (χ0) is 29.2. The van der Waals surface area contributed by atoms with Crippen molar-refractivity contribution in [2.24, 2.45) is 0 Å². The molecule has 1 unspecified atom stereocenters. The zero-order valence-corrected chi connectivity index (χ0v) is 24.3. The number of nitrogens with one attached hydrogen (secondary N) is 2. The first-order valence-electron chi connectivity index (χ1n) is 13.9. The Balaban J connectivity index is 1.37. The van der Waals surface area contributed by atoms with Gasteiger partial charge in [-0.05, 0) is 49.9 Å². The largest absolute Gasteiger partial charge is 0.382 e. The molecule has 0 radical (unpaired) electrons. The van der Waals surface area contributed by atoms with Crippen LogP contribution in [0.2, 0.25) is 0 Å². The first kappa shape index (κ1) is 30.0. The molecule has 1 atom stereocenters. The third-order valence-electron chi connectivity index (χ3n) is 6.87. The van der Waals surface area contributed by atoms with Gasteiger partial charge in [-0.15, -0.1) is 0 Å². The number of nitriles is 1. The van der Waals surface area contributed by atoms with E-state index in [4.69, 9.17) is 10.7 Å². The minimum absolute atomic E-state index is 0.0445. The van der Waals surface area contributed by atoms with Crippen LogP contribution in [0.15, 0.2) is 47.6 Å². The fourth-order valence-electron chi connectivity index (χ4n) is 4.82. The molecule has 1 aliphatic heterocycles. The van der Waals surface area contributed by atoms with Crippen LogP contribution in [0.25, 0.3) is 11.3 Å². The van der Waals surface area contributed by atoms with Crippen LogP contribution in [0.1, 0.15) is 62.9 Å². The van der Waals surface area contributed by atoms with Crippen LogP contribution in [0.5, 0.6) is 0 Å². The van der Waals surface area contributed by atoms with Gasteiger partial charge in [0.05, 0.1) is 17.6 Å². The number of aromatic nitrogens is 3. The number of nitrogens with zero attached hydrogens (tertiary/aromatic N) is 5. The molecule has 1 aliphatic rings. The molecule has 1 aromatic carbocycles. The summed E-state index contributed by atoms with van der Waals surface area (Å²) in [5.41, 5.74) is 9.77. The fraction of sp³-hybridized carbons (Fsp3) is 0.400. The van der Waals surface area contributed by atoms with Crippen molar-refractivity contribution in [2.75, 3.05) is 24.1 Å². The second kappa shape index (κ2) is 14.6. The number of amides is 2. The van der Waals surface area contributed by atoms with E-state index in [9.17, 15) is 14.9 Å². The van der Waals surface area contributed by atoms with Gasteiger partial charge >= 0.3 is 0 Å². The molecule has 0 bridgehead atoms. The summed E-state index contributed by atoms with van der Waals surface area (Å²) in [7, 11) is 0. The number of nitrogen functional groups attached to an aromatic ring is 1. The maximum absolute atomic E-state index is 12.7. The van der Waals surface area contributed by atoms with E-state index >= 15 is 0 Å². The van der Waals surface area contributed by atoms with Gasteiger partial charge in [0, 0.05) is 49.1 Å². The van der Waals surface area contributed by atoms with E-state index in [-0.39, 0.29) is 29.4 Å². The number of aryl methyl sites for hydroxylation is 1. The van der Waals surface area contributed by atoms with Crippen molar-refractivity contribution in [3.05, 3.63) is 59.4 Å². The lowest BCUT2D eigenvalue weighted by Gasteiger charge is -2.34. The summed E-state index contributed by atoms with van der Waals surface area (Å²) >= 11 is 1.37. The number of hydrogen-bond donors (Lipinski definition) is 3. The van der Waals surface area contributed by atoms with Gasteiger partial charge in [0.2, 0.25) is 11.8 Å². The van der Waals surface area contributed by atoms with Crippen molar-refractivity contribution in [1.82, 2.24) is 25.2 Å². The van der Waals surface area contributed by atoms with Crippen molar-refractivity contribution in [3.63, 3.8) is 0 Å². The van der Waals surface area contributed by atoms with Crippen molar-refractivity contribution >= 4 is 35.1 Å². The molecule has 10 nitrogen and oxygen atoms in total. The minimum Gasteiger partial charge on any atom is -0.382 e. The van der Waals surface area contributed by atoms with E-state index in [2.05, 4.69) is 38.5 Å². The zero-order valence-electron chi connectivity index (χ0n) is 23.5. The quantitative estimate of drug-likeness (QED) is 0.223. The number of anilines is 2. The van der Waals surface area contributed by atoms with Crippen LogP contribution in [0.3, 0.4) is 0 Å². The summed E-state index contributed by atoms with van der Waals surface area (Å²) in [6, 6.07) is 14.9. The summed E-state index contributed by atoms with van der Waals surface area (Å²) in [5.74, 6) is 0.482. The van der Waals surface area contributed by atoms with Crippen molar-refractivity contribution < 1.29 is 9.59 Å². The first-order chi connectivity index (χ1) is 19.9. The second-order valence-electron chi connectivity index (χ2n) is 9.98. The Hall–Kier alpha value is -4.01. The molecule has 3 aromatic rings. The highest BCUT2D eigenvalue weighted by Crippen LogP contribution is 2.29. The van der Waals surface area contributed by atoms with Crippen LogP contribution >= 0.6 is 11.8 Å². The molecule has 2 amide bonds. The molecule has 1 saturated heterocycles. The van der Waals surface area contributed by atoms with E-state index in [0.717, 1.165) is 30.9 Å². The predicted octanol–water partition coefficient (Wildman–Crippen LogP) is 4.51. The molecule has 4 rings (SSSR count). The molecular weight excluding hydrogens is 536 g/mol. The highest BCUT2D eigenvalue weighted by Gasteiger charge is 2.21. The molecule has 4 N–H and O–H groups in total. The molecule has 0 spiro atoms. The number of pyridine rings is 1. The van der Waals surface area contributed by atoms with Gasteiger partial charge in [0.15, 0.2) is 5.16 Å². The number of nitrogens with two attached hydrogens (primary N) is 1. The van der Waals surface area contributed by atoms with Gasteiger partial charge in [-0.2, -0.15) is 5.26 Å². The molecule has 3 heterocycles. The summed E-state index contributed by atoms with van der Waals surface area (Å²) in [5, 5.41) is 16.0. The van der Waals surface area contributed by atoms with Gasteiger partial charge in [0.25, 0.3) is 0 Å². The monoisotopic (exact) mass is 572 g/mol. The molecule has 0 aliphatic carbocycles. The lowest BCUT2D eigenvalue weighted by molar-refractivity contribution is -0.123. The lowest BCUT2D eigenvalue weighted by Crippen LogP contribution is -2.49. The standard InChI is InChI=1S/C30H36N8O2S/c1-3-26(38-16-5-4-6-17-38)35-27(40)15-14-22-8-7-9-24(34-22)19-41-30-36-28(25(18-31)29(32)37-30)21-10-12-23(13-11-21)33-20(2)39/h7-13,26H,3-6,14-17,19H2,1-2H3,(H,33,39)(H,35,40)(H2,32,36,37). The van der Waals surface area contributed by atoms with Crippen LogP contribution in [0.4, 0.5) is 11.5 Å². The van der Waals surface area contributed by atoms with Gasteiger partial charge < -0.3 is 16.4 Å². The molecule has 0 saturated carbocycles. The number of benzene rings is 1. The maximum atomic E-state index is 12.7. The average Bonchev–Trinajstić information content (AvgIpc) is 2.98. The highest BCUT2D eigenvalue weighted by molar-refractivity contribution is 7.98. The Labute approximate surface area is 245 Å². The Morgan fingerprint density at radius 2 is 1.80 bits per heavy atom. The fourth-order valence-corrected chi connectivity index (χ4v) is 5.58. The SMILES string of the molecule is CCC(NC(=O)CCc1cccc(CSc2nc(N)c(C#N)c(-c3ccc(NC(C)=O)cc3)n2)n1)N1CCCCC1. The number of carbonyl (C=O) groups excluding carboxylic acids is 2. The van der Waals surface area contributed by atoms with E-state index in [0.29, 0.717) is 40.7 Å². The Kier molecular flexibility index (Phi) is 10.6. The summed E-state index contributed by atoms with van der Waals surface area (Å²) in [4.78, 5) is 40.1. The Morgan fingerprint density at radius 1 is 1.07 bits per heavy atom. The smallest absolute Gasteiger partial charge is 0.221 e. The molecule has 2 aromatic heterocycles. The number of piperidine rings is 1. The maximum Gasteiger partial charge on any atom is 0.221 e. The lowest BCUT2D eigenvalue weighted by atomic mass is 10.1. The third-order valence-corrected chi connectivity index (χ3v) is 7.76. The van der Waals surface area contributed by atoms with Crippen LogP contribution < -0.4 is 16.4 Å². The predicted molar refractivity (Wildman–Crippen MR) is 161 cm³/mol. The van der Waals surface area contributed by atoms with Gasteiger partial charge in [0.1, 0.15) is 17.5 Å². The summed E-state index contributed by atoms with van der Waals surface area (Å²) in [6.07, 6.45) is 5.57. The summed E-state index contributed by atoms with van der Waals surface area (Å²) in [6.45, 7) is 5.64. The number of thioether (sulfide) groups is 1. The van der Waals surface area contributed by atoms with Crippen molar-refractivity contribution in [3.8, 4) is 17.3 Å². The Morgan fingerprint density at radius 3 is 2.49 bits per heavy atom. The Bertz CT molecular complexity index is 1400. The topological polar surface area (TPSA) is 150 Å². The van der Waals surface area contributed by atoms with Gasteiger partial charge in [-0.3, -0.25) is 19.5 Å². The summed E-state index contributed by atoms with van der Waals surface area (Å²) < 4.78 is 0.